The summed E-state index contributed by atoms with van der Waals surface area (Å²) in [6.45, 7) is 2.99. The Morgan fingerprint density at radius 1 is 1.41 bits per heavy atom. The lowest BCUT2D eigenvalue weighted by atomic mass is 10.1. The summed E-state index contributed by atoms with van der Waals surface area (Å²) in [5, 5.41) is 14.3. The molecule has 0 aromatic carbocycles. The third-order valence-corrected chi connectivity index (χ3v) is 2.62. The minimum atomic E-state index is -0.532. The summed E-state index contributed by atoms with van der Waals surface area (Å²) >= 11 is 0. The lowest BCUT2D eigenvalue weighted by Gasteiger charge is -2.07. The second kappa shape index (κ2) is 5.59. The summed E-state index contributed by atoms with van der Waals surface area (Å²) in [6, 6.07) is 5.71. The van der Waals surface area contributed by atoms with E-state index in [1.165, 1.54) is 0 Å². The molecule has 1 N–H and O–H groups in total. The number of hydrogen-bond donors (Lipinski definition) is 1. The van der Waals surface area contributed by atoms with Gasteiger partial charge in [0.15, 0.2) is 0 Å². The predicted octanol–water partition coefficient (Wildman–Crippen LogP) is 1.96. The molecule has 4 nitrogen and oxygen atoms in total. The van der Waals surface area contributed by atoms with E-state index in [4.69, 9.17) is 0 Å². The fourth-order valence-corrected chi connectivity index (χ4v) is 1.74. The molecule has 17 heavy (non-hydrogen) atoms. The van der Waals surface area contributed by atoms with Gasteiger partial charge in [0.25, 0.3) is 0 Å². The van der Waals surface area contributed by atoms with E-state index in [0.717, 1.165) is 24.2 Å². The Bertz CT molecular complexity index is 453. The van der Waals surface area contributed by atoms with Crippen LogP contribution in [0.3, 0.4) is 0 Å². The normalized spacial score (nSPS) is 12.6. The van der Waals surface area contributed by atoms with Crippen LogP contribution in [0.15, 0.2) is 36.8 Å². The molecule has 2 heterocycles. The van der Waals surface area contributed by atoms with Crippen LogP contribution in [0, 0.1) is 0 Å². The Labute approximate surface area is 101 Å². The van der Waals surface area contributed by atoms with E-state index in [1.54, 1.807) is 12.4 Å². The SMILES string of the molecule is CCCn1cc(C(O)Cc2ccccn2)cn1. The number of hydrogen-bond acceptors (Lipinski definition) is 3. The molecule has 0 spiro atoms. The molecule has 0 saturated carbocycles. The second-order valence-corrected chi connectivity index (χ2v) is 4.08. The Hall–Kier alpha value is -1.68. The summed E-state index contributed by atoms with van der Waals surface area (Å²) in [4.78, 5) is 4.20. The van der Waals surface area contributed by atoms with Gasteiger partial charge in [-0.15, -0.1) is 0 Å². The van der Waals surface area contributed by atoms with Crippen molar-refractivity contribution in [3.8, 4) is 0 Å². The lowest BCUT2D eigenvalue weighted by molar-refractivity contribution is 0.177. The van der Waals surface area contributed by atoms with Crippen molar-refractivity contribution in [2.24, 2.45) is 0 Å². The average molecular weight is 231 g/mol. The molecular formula is C13H17N3O. The quantitative estimate of drug-likeness (QED) is 0.855. The minimum absolute atomic E-state index is 0.526. The summed E-state index contributed by atoms with van der Waals surface area (Å²) < 4.78 is 1.86. The molecule has 4 heteroatoms. The molecule has 0 bridgehead atoms. The molecule has 90 valence electrons. The van der Waals surface area contributed by atoms with Crippen LogP contribution < -0.4 is 0 Å². The highest BCUT2D eigenvalue weighted by Gasteiger charge is 2.11. The maximum atomic E-state index is 10.1. The smallest absolute Gasteiger partial charge is 0.0875 e. The molecule has 2 aromatic heterocycles. The lowest BCUT2D eigenvalue weighted by Crippen LogP contribution is -2.02. The summed E-state index contributed by atoms with van der Waals surface area (Å²) in [6.07, 6.45) is 6.40. The van der Waals surface area contributed by atoms with Gasteiger partial charge < -0.3 is 5.11 Å². The van der Waals surface area contributed by atoms with Crippen LogP contribution in [0.4, 0.5) is 0 Å². The van der Waals surface area contributed by atoms with E-state index < -0.39 is 6.10 Å². The van der Waals surface area contributed by atoms with Crippen molar-refractivity contribution < 1.29 is 5.11 Å². The van der Waals surface area contributed by atoms with Crippen molar-refractivity contribution in [1.29, 1.82) is 0 Å². The number of nitrogens with zero attached hydrogens (tertiary/aromatic N) is 3. The Balaban J connectivity index is 2.01. The summed E-state index contributed by atoms with van der Waals surface area (Å²) in [5.74, 6) is 0. The highest BCUT2D eigenvalue weighted by molar-refractivity contribution is 5.13. The van der Waals surface area contributed by atoms with Crippen molar-refractivity contribution in [3.05, 3.63) is 48.0 Å². The maximum absolute atomic E-state index is 10.1. The van der Waals surface area contributed by atoms with Gasteiger partial charge in [0.2, 0.25) is 0 Å². The van der Waals surface area contributed by atoms with Crippen LogP contribution in [0.1, 0.15) is 30.7 Å². The number of aromatic nitrogens is 3. The van der Waals surface area contributed by atoms with Gasteiger partial charge in [-0.05, 0) is 18.6 Å². The van der Waals surface area contributed by atoms with Crippen molar-refractivity contribution in [3.63, 3.8) is 0 Å². The third kappa shape index (κ3) is 3.14. The molecule has 2 rings (SSSR count). The number of rotatable bonds is 5. The van der Waals surface area contributed by atoms with E-state index in [9.17, 15) is 5.11 Å². The van der Waals surface area contributed by atoms with Gasteiger partial charge in [-0.2, -0.15) is 5.10 Å². The predicted molar refractivity (Wildman–Crippen MR) is 65.4 cm³/mol. The molecule has 0 aliphatic rings. The fraction of sp³-hybridized carbons (Fsp3) is 0.385. The first kappa shape index (κ1) is 11.8. The Morgan fingerprint density at radius 2 is 2.29 bits per heavy atom. The van der Waals surface area contributed by atoms with E-state index in [2.05, 4.69) is 17.0 Å². The molecule has 0 fully saturated rings. The maximum Gasteiger partial charge on any atom is 0.0875 e. The van der Waals surface area contributed by atoms with E-state index >= 15 is 0 Å². The van der Waals surface area contributed by atoms with Gasteiger partial charge in [-0.3, -0.25) is 9.67 Å². The van der Waals surface area contributed by atoms with E-state index in [-0.39, 0.29) is 0 Å². The van der Waals surface area contributed by atoms with Gasteiger partial charge >= 0.3 is 0 Å². The highest BCUT2D eigenvalue weighted by atomic mass is 16.3. The van der Waals surface area contributed by atoms with Crippen molar-refractivity contribution in [2.45, 2.75) is 32.4 Å². The first-order valence-electron chi connectivity index (χ1n) is 5.90. The number of aliphatic hydroxyl groups is 1. The first-order chi connectivity index (χ1) is 8.29. The van der Waals surface area contributed by atoms with Crippen LogP contribution >= 0.6 is 0 Å². The molecule has 1 unspecified atom stereocenters. The largest absolute Gasteiger partial charge is 0.388 e. The van der Waals surface area contributed by atoms with Crippen molar-refractivity contribution >= 4 is 0 Å². The fourth-order valence-electron chi connectivity index (χ4n) is 1.74. The molecule has 0 saturated heterocycles. The van der Waals surface area contributed by atoms with Crippen LogP contribution in [0.2, 0.25) is 0 Å². The van der Waals surface area contributed by atoms with E-state index in [1.807, 2.05) is 29.1 Å². The number of aryl methyl sites for hydroxylation is 1. The summed E-state index contributed by atoms with van der Waals surface area (Å²) in [5.41, 5.74) is 1.74. The second-order valence-electron chi connectivity index (χ2n) is 4.08. The van der Waals surface area contributed by atoms with Gasteiger partial charge in [-0.1, -0.05) is 13.0 Å². The zero-order chi connectivity index (χ0) is 12.1. The van der Waals surface area contributed by atoms with Crippen LogP contribution in [0.25, 0.3) is 0 Å². The van der Waals surface area contributed by atoms with Crippen molar-refractivity contribution in [2.75, 3.05) is 0 Å². The molecule has 0 radical (unpaired) electrons. The molecular weight excluding hydrogens is 214 g/mol. The van der Waals surface area contributed by atoms with Gasteiger partial charge in [0.05, 0.1) is 12.3 Å². The molecule has 0 aliphatic carbocycles. The zero-order valence-corrected chi connectivity index (χ0v) is 9.95. The first-order valence-corrected chi connectivity index (χ1v) is 5.90. The zero-order valence-electron chi connectivity index (χ0n) is 9.95. The van der Waals surface area contributed by atoms with Crippen molar-refractivity contribution in [1.82, 2.24) is 14.8 Å². The number of aliphatic hydroxyl groups excluding tert-OH is 1. The summed E-state index contributed by atoms with van der Waals surface area (Å²) in [7, 11) is 0. The third-order valence-electron chi connectivity index (χ3n) is 2.62. The topological polar surface area (TPSA) is 50.9 Å². The highest BCUT2D eigenvalue weighted by Crippen LogP contribution is 2.16. The molecule has 1 atom stereocenters. The van der Waals surface area contributed by atoms with Crippen LogP contribution in [0.5, 0.6) is 0 Å². The van der Waals surface area contributed by atoms with Gasteiger partial charge in [0, 0.05) is 36.6 Å². The molecule has 0 amide bonds. The Kier molecular flexibility index (Phi) is 3.88. The van der Waals surface area contributed by atoms with Gasteiger partial charge in [0.1, 0.15) is 0 Å². The number of pyridine rings is 1. The van der Waals surface area contributed by atoms with E-state index in [0.29, 0.717) is 6.42 Å². The Morgan fingerprint density at radius 3 is 3.00 bits per heavy atom. The molecule has 2 aromatic rings. The molecule has 0 aliphatic heterocycles. The standard InChI is InChI=1S/C13H17N3O/c1-2-7-16-10-11(9-15-16)13(17)8-12-5-3-4-6-14-12/h3-6,9-10,13,17H,2,7-8H2,1H3. The minimum Gasteiger partial charge on any atom is -0.388 e. The van der Waals surface area contributed by atoms with Gasteiger partial charge in [-0.25, -0.2) is 0 Å². The average Bonchev–Trinajstić information content (AvgIpc) is 2.79. The van der Waals surface area contributed by atoms with Crippen LogP contribution in [-0.4, -0.2) is 19.9 Å². The van der Waals surface area contributed by atoms with Crippen LogP contribution in [-0.2, 0) is 13.0 Å². The monoisotopic (exact) mass is 231 g/mol.